The second kappa shape index (κ2) is 5.88. The standard InChI is InChI=1S/C13H8BrFN2O4/c14-9-3-2-8(6-10(9)15)21-12-4-1-7(13(16)18)5-11(12)17(19)20/h1-6H,(H2,16,18). The van der Waals surface area contributed by atoms with E-state index in [4.69, 9.17) is 10.5 Å². The number of primary amides is 1. The molecule has 1 amide bonds. The van der Waals surface area contributed by atoms with Crippen molar-refractivity contribution in [2.24, 2.45) is 5.73 Å². The Morgan fingerprint density at radius 3 is 2.57 bits per heavy atom. The van der Waals surface area contributed by atoms with Crippen LogP contribution in [0.4, 0.5) is 10.1 Å². The van der Waals surface area contributed by atoms with Crippen LogP contribution in [0.1, 0.15) is 10.4 Å². The maximum Gasteiger partial charge on any atom is 0.312 e. The number of nitro benzene ring substituents is 1. The molecule has 0 saturated heterocycles. The van der Waals surface area contributed by atoms with Gasteiger partial charge in [-0.25, -0.2) is 4.39 Å². The minimum atomic E-state index is -0.792. The van der Waals surface area contributed by atoms with E-state index in [1.54, 1.807) is 0 Å². The largest absolute Gasteiger partial charge is 0.450 e. The van der Waals surface area contributed by atoms with Gasteiger partial charge in [0.25, 0.3) is 0 Å². The average molecular weight is 355 g/mol. The highest BCUT2D eigenvalue weighted by atomic mass is 79.9. The minimum Gasteiger partial charge on any atom is -0.450 e. The number of rotatable bonds is 4. The topological polar surface area (TPSA) is 95.5 Å². The van der Waals surface area contributed by atoms with Crippen LogP contribution in [0.25, 0.3) is 0 Å². The number of amides is 1. The molecule has 0 radical (unpaired) electrons. The third kappa shape index (κ3) is 3.34. The summed E-state index contributed by atoms with van der Waals surface area (Å²) in [5, 5.41) is 11.0. The fourth-order valence-corrected chi connectivity index (χ4v) is 1.81. The summed E-state index contributed by atoms with van der Waals surface area (Å²) >= 11 is 2.99. The number of halogens is 2. The maximum absolute atomic E-state index is 13.4. The first-order chi connectivity index (χ1) is 9.88. The van der Waals surface area contributed by atoms with Crippen molar-refractivity contribution in [3.05, 3.63) is 62.4 Å². The van der Waals surface area contributed by atoms with Gasteiger partial charge in [-0.3, -0.25) is 14.9 Å². The van der Waals surface area contributed by atoms with E-state index in [1.807, 2.05) is 0 Å². The predicted octanol–water partition coefficient (Wildman–Crippen LogP) is 3.39. The number of ether oxygens (including phenoxy) is 1. The van der Waals surface area contributed by atoms with Crippen LogP contribution >= 0.6 is 15.9 Å². The molecule has 2 N–H and O–H groups in total. The Morgan fingerprint density at radius 2 is 2.00 bits per heavy atom. The molecular weight excluding hydrogens is 347 g/mol. The lowest BCUT2D eigenvalue weighted by Crippen LogP contribution is -2.11. The zero-order valence-electron chi connectivity index (χ0n) is 10.4. The maximum atomic E-state index is 13.4. The number of carbonyl (C=O) groups excluding carboxylic acids is 1. The SMILES string of the molecule is NC(=O)c1ccc(Oc2ccc(Br)c(F)c2)c([N+](=O)[O-])c1. The zero-order chi connectivity index (χ0) is 15.6. The van der Waals surface area contributed by atoms with Gasteiger partial charge in [-0.1, -0.05) is 0 Å². The summed E-state index contributed by atoms with van der Waals surface area (Å²) < 4.78 is 18.9. The van der Waals surface area contributed by atoms with Crippen molar-refractivity contribution in [3.63, 3.8) is 0 Å². The Bertz CT molecular complexity index is 736. The van der Waals surface area contributed by atoms with Crippen molar-refractivity contribution in [3.8, 4) is 11.5 Å². The summed E-state index contributed by atoms with van der Waals surface area (Å²) in [7, 11) is 0. The Morgan fingerprint density at radius 1 is 1.29 bits per heavy atom. The van der Waals surface area contributed by atoms with Crippen LogP contribution in [0.3, 0.4) is 0 Å². The lowest BCUT2D eigenvalue weighted by atomic mass is 10.2. The second-order valence-electron chi connectivity index (χ2n) is 3.98. The number of nitrogens with two attached hydrogens (primary N) is 1. The van der Waals surface area contributed by atoms with Crippen molar-refractivity contribution in [2.45, 2.75) is 0 Å². The molecule has 108 valence electrons. The molecule has 0 aliphatic heterocycles. The second-order valence-corrected chi connectivity index (χ2v) is 4.84. The highest BCUT2D eigenvalue weighted by Crippen LogP contribution is 2.33. The normalized spacial score (nSPS) is 10.2. The summed E-state index contributed by atoms with van der Waals surface area (Å²) in [6.45, 7) is 0. The van der Waals surface area contributed by atoms with Crippen LogP contribution in [0, 0.1) is 15.9 Å². The smallest absolute Gasteiger partial charge is 0.312 e. The van der Waals surface area contributed by atoms with Crippen molar-refractivity contribution >= 4 is 27.5 Å². The number of benzene rings is 2. The van der Waals surface area contributed by atoms with Gasteiger partial charge in [-0.2, -0.15) is 0 Å². The van der Waals surface area contributed by atoms with E-state index in [0.717, 1.165) is 12.1 Å². The summed E-state index contributed by atoms with van der Waals surface area (Å²) in [5.74, 6) is -1.39. The molecule has 0 unspecified atom stereocenters. The van der Waals surface area contributed by atoms with E-state index in [2.05, 4.69) is 15.9 Å². The van der Waals surface area contributed by atoms with Crippen LogP contribution in [-0.2, 0) is 0 Å². The molecule has 0 spiro atoms. The van der Waals surface area contributed by atoms with Gasteiger partial charge >= 0.3 is 5.69 Å². The molecular formula is C13H8BrFN2O4. The van der Waals surface area contributed by atoms with E-state index < -0.39 is 22.3 Å². The highest BCUT2D eigenvalue weighted by Gasteiger charge is 2.18. The summed E-state index contributed by atoms with van der Waals surface area (Å²) in [4.78, 5) is 21.3. The first-order valence-electron chi connectivity index (χ1n) is 5.59. The van der Waals surface area contributed by atoms with Gasteiger partial charge in [-0.15, -0.1) is 0 Å². The molecule has 0 heterocycles. The quantitative estimate of drug-likeness (QED) is 0.672. The average Bonchev–Trinajstić information content (AvgIpc) is 2.43. The van der Waals surface area contributed by atoms with Crippen molar-refractivity contribution in [2.75, 3.05) is 0 Å². The molecule has 2 aromatic rings. The molecule has 2 rings (SSSR count). The molecule has 6 nitrogen and oxygen atoms in total. The van der Waals surface area contributed by atoms with Gasteiger partial charge in [0.1, 0.15) is 11.6 Å². The zero-order valence-corrected chi connectivity index (χ0v) is 12.0. The summed E-state index contributed by atoms with van der Waals surface area (Å²) in [5.41, 5.74) is 4.61. The molecule has 8 heteroatoms. The molecule has 0 aliphatic carbocycles. The summed E-state index contributed by atoms with van der Waals surface area (Å²) in [6.07, 6.45) is 0. The molecule has 21 heavy (non-hydrogen) atoms. The van der Waals surface area contributed by atoms with Crippen LogP contribution in [-0.4, -0.2) is 10.8 Å². The fourth-order valence-electron chi connectivity index (χ4n) is 1.57. The predicted molar refractivity (Wildman–Crippen MR) is 75.8 cm³/mol. The Labute approximate surface area is 126 Å². The van der Waals surface area contributed by atoms with E-state index >= 15 is 0 Å². The van der Waals surface area contributed by atoms with E-state index in [0.29, 0.717) is 0 Å². The van der Waals surface area contributed by atoms with Crippen LogP contribution in [0.15, 0.2) is 40.9 Å². The number of nitrogens with zero attached hydrogens (tertiary/aromatic N) is 1. The van der Waals surface area contributed by atoms with Crippen LogP contribution in [0.2, 0.25) is 0 Å². The van der Waals surface area contributed by atoms with Gasteiger partial charge in [0, 0.05) is 17.7 Å². The molecule has 0 atom stereocenters. The molecule has 0 fully saturated rings. The van der Waals surface area contributed by atoms with Gasteiger partial charge in [0.2, 0.25) is 11.7 Å². The minimum absolute atomic E-state index is 0.0176. The fraction of sp³-hybridized carbons (Fsp3) is 0. The lowest BCUT2D eigenvalue weighted by Gasteiger charge is -2.07. The Hall–Kier alpha value is -2.48. The van der Waals surface area contributed by atoms with E-state index in [9.17, 15) is 19.3 Å². The number of nitro groups is 1. The van der Waals surface area contributed by atoms with Crippen molar-refractivity contribution in [1.29, 1.82) is 0 Å². The van der Waals surface area contributed by atoms with Gasteiger partial charge < -0.3 is 10.5 Å². The molecule has 2 aromatic carbocycles. The molecule has 0 aromatic heterocycles. The third-order valence-electron chi connectivity index (χ3n) is 2.56. The van der Waals surface area contributed by atoms with Crippen molar-refractivity contribution in [1.82, 2.24) is 0 Å². The van der Waals surface area contributed by atoms with Gasteiger partial charge in [-0.05, 0) is 40.2 Å². The van der Waals surface area contributed by atoms with Crippen LogP contribution in [0.5, 0.6) is 11.5 Å². The first kappa shape index (κ1) is 14.9. The lowest BCUT2D eigenvalue weighted by molar-refractivity contribution is -0.385. The molecule has 0 bridgehead atoms. The van der Waals surface area contributed by atoms with Crippen LogP contribution < -0.4 is 10.5 Å². The Balaban J connectivity index is 2.41. The number of hydrogen-bond donors (Lipinski definition) is 1. The molecule has 0 saturated carbocycles. The van der Waals surface area contributed by atoms with Gasteiger partial charge in [0.15, 0.2) is 0 Å². The third-order valence-corrected chi connectivity index (χ3v) is 3.20. The van der Waals surface area contributed by atoms with Gasteiger partial charge in [0.05, 0.1) is 9.40 Å². The first-order valence-corrected chi connectivity index (χ1v) is 6.39. The number of hydrogen-bond acceptors (Lipinski definition) is 4. The monoisotopic (exact) mass is 354 g/mol. The molecule has 0 aliphatic rings. The number of carbonyl (C=O) groups is 1. The van der Waals surface area contributed by atoms with Crippen molar-refractivity contribution < 1.29 is 18.8 Å². The summed E-state index contributed by atoms with van der Waals surface area (Å²) in [6, 6.07) is 7.47. The highest BCUT2D eigenvalue weighted by molar-refractivity contribution is 9.10. The van der Waals surface area contributed by atoms with E-state index in [-0.39, 0.29) is 21.5 Å². The van der Waals surface area contributed by atoms with E-state index in [1.165, 1.54) is 24.3 Å². The Kier molecular flexibility index (Phi) is 4.18.